The van der Waals surface area contributed by atoms with Crippen molar-refractivity contribution < 1.29 is 14.4 Å². The molecule has 2 aromatic carbocycles. The average Bonchev–Trinajstić information content (AvgIpc) is 2.89. The Kier molecular flexibility index (Phi) is 5.63. The maximum atomic E-state index is 13.0. The van der Waals surface area contributed by atoms with Crippen molar-refractivity contribution in [3.63, 3.8) is 0 Å². The van der Waals surface area contributed by atoms with Gasteiger partial charge in [-0.3, -0.25) is 14.5 Å². The molecule has 146 valence electrons. The molecule has 1 N–H and O–H groups in total. The normalized spacial score (nSPS) is 18.9. The zero-order valence-electron chi connectivity index (χ0n) is 15.4. The molecule has 1 heterocycles. The van der Waals surface area contributed by atoms with E-state index in [4.69, 9.17) is 23.2 Å². The van der Waals surface area contributed by atoms with Gasteiger partial charge in [0.1, 0.15) is 12.1 Å². The van der Waals surface area contributed by atoms with E-state index < -0.39 is 17.5 Å². The molecule has 0 aliphatic carbocycles. The topological polar surface area (TPSA) is 69.7 Å². The highest BCUT2D eigenvalue weighted by molar-refractivity contribution is 6.42. The van der Waals surface area contributed by atoms with E-state index in [1.807, 2.05) is 25.1 Å². The van der Waals surface area contributed by atoms with Crippen molar-refractivity contribution >= 4 is 46.7 Å². The summed E-state index contributed by atoms with van der Waals surface area (Å²) in [5.41, 5.74) is -0.130. The minimum atomic E-state index is -1.32. The molecule has 6 nitrogen and oxygen atoms in total. The maximum absolute atomic E-state index is 13.0. The van der Waals surface area contributed by atoms with Gasteiger partial charge in [-0.05, 0) is 43.7 Å². The number of urea groups is 1. The van der Waals surface area contributed by atoms with Crippen LogP contribution in [-0.2, 0) is 15.1 Å². The van der Waals surface area contributed by atoms with Crippen molar-refractivity contribution in [2.75, 3.05) is 18.0 Å². The molecule has 1 aliphatic rings. The molecule has 0 bridgehead atoms. The smallest absolute Gasteiger partial charge is 0.319 e. The van der Waals surface area contributed by atoms with Crippen LogP contribution in [-0.4, -0.2) is 35.8 Å². The number of benzene rings is 2. The fourth-order valence-electron chi connectivity index (χ4n) is 3.17. The second-order valence-corrected chi connectivity index (χ2v) is 7.36. The number of hydrogen-bond donors (Lipinski definition) is 1. The van der Waals surface area contributed by atoms with Gasteiger partial charge in [0.2, 0.25) is 5.91 Å². The summed E-state index contributed by atoms with van der Waals surface area (Å²) in [4.78, 5) is 40.7. The monoisotopic (exact) mass is 419 g/mol. The Bertz CT molecular complexity index is 936. The molecule has 1 fully saturated rings. The molecule has 28 heavy (non-hydrogen) atoms. The lowest BCUT2D eigenvalue weighted by molar-refractivity contribution is -0.134. The van der Waals surface area contributed by atoms with E-state index in [0.717, 1.165) is 4.90 Å². The summed E-state index contributed by atoms with van der Waals surface area (Å²) < 4.78 is 0. The number of para-hydroxylation sites is 1. The SMILES string of the molecule is CCN(C(=O)CN1C(=O)NC(C)(c2ccc(Cl)c(Cl)c2)C1=O)c1ccccc1. The lowest BCUT2D eigenvalue weighted by atomic mass is 9.92. The van der Waals surface area contributed by atoms with Gasteiger partial charge < -0.3 is 10.2 Å². The first-order valence-corrected chi connectivity index (χ1v) is 9.48. The van der Waals surface area contributed by atoms with Gasteiger partial charge in [0.25, 0.3) is 5.91 Å². The Balaban J connectivity index is 1.83. The number of carbonyl (C=O) groups is 3. The third kappa shape index (κ3) is 3.57. The van der Waals surface area contributed by atoms with Crippen LogP contribution in [0.5, 0.6) is 0 Å². The number of anilines is 1. The number of nitrogens with zero attached hydrogens (tertiary/aromatic N) is 2. The number of rotatable bonds is 5. The van der Waals surface area contributed by atoms with Crippen LogP contribution in [0.4, 0.5) is 10.5 Å². The summed E-state index contributed by atoms with van der Waals surface area (Å²) in [6.07, 6.45) is 0. The van der Waals surface area contributed by atoms with Crippen molar-refractivity contribution in [2.45, 2.75) is 19.4 Å². The van der Waals surface area contributed by atoms with E-state index >= 15 is 0 Å². The molecule has 0 spiro atoms. The molecule has 1 unspecified atom stereocenters. The van der Waals surface area contributed by atoms with Gasteiger partial charge in [0.05, 0.1) is 10.0 Å². The largest absolute Gasteiger partial charge is 0.325 e. The van der Waals surface area contributed by atoms with E-state index in [9.17, 15) is 14.4 Å². The van der Waals surface area contributed by atoms with Gasteiger partial charge in [-0.1, -0.05) is 47.5 Å². The standard InChI is InChI=1S/C20H19Cl2N3O3/c1-3-24(14-7-5-4-6-8-14)17(26)12-25-18(27)20(2,23-19(25)28)13-9-10-15(21)16(22)11-13/h4-11H,3,12H2,1-2H3,(H,23,28). The minimum Gasteiger partial charge on any atom is -0.319 e. The van der Waals surface area contributed by atoms with Gasteiger partial charge >= 0.3 is 6.03 Å². The number of amides is 4. The summed E-state index contributed by atoms with van der Waals surface area (Å²) >= 11 is 12.0. The zero-order chi connectivity index (χ0) is 20.5. The Hall–Kier alpha value is -2.57. The first kappa shape index (κ1) is 20.2. The molecule has 4 amide bonds. The minimum absolute atomic E-state index is 0.276. The number of hydrogen-bond acceptors (Lipinski definition) is 3. The fraction of sp³-hybridized carbons (Fsp3) is 0.250. The third-order valence-corrected chi connectivity index (χ3v) is 5.49. The van der Waals surface area contributed by atoms with Crippen LogP contribution < -0.4 is 10.2 Å². The molecule has 2 aromatic rings. The molecule has 3 rings (SSSR count). The molecule has 1 aliphatic heterocycles. The van der Waals surface area contributed by atoms with Crippen LogP contribution in [0.15, 0.2) is 48.5 Å². The Morgan fingerprint density at radius 2 is 1.79 bits per heavy atom. The van der Waals surface area contributed by atoms with Crippen molar-refractivity contribution in [3.8, 4) is 0 Å². The molecule has 1 atom stereocenters. The summed E-state index contributed by atoms with van der Waals surface area (Å²) in [5.74, 6) is -0.871. The van der Waals surface area contributed by atoms with Gasteiger partial charge in [-0.2, -0.15) is 0 Å². The lowest BCUT2D eigenvalue weighted by Crippen LogP contribution is -2.44. The molecule has 0 radical (unpaired) electrons. The summed E-state index contributed by atoms with van der Waals surface area (Å²) in [7, 11) is 0. The predicted molar refractivity (Wildman–Crippen MR) is 109 cm³/mol. The molecule has 0 saturated carbocycles. The molecule has 8 heteroatoms. The Morgan fingerprint density at radius 1 is 1.11 bits per heavy atom. The number of imide groups is 1. The number of nitrogens with one attached hydrogen (secondary N) is 1. The van der Waals surface area contributed by atoms with Crippen LogP contribution in [0.25, 0.3) is 0 Å². The van der Waals surface area contributed by atoms with Crippen molar-refractivity contribution in [2.24, 2.45) is 0 Å². The summed E-state index contributed by atoms with van der Waals surface area (Å²) in [5, 5.41) is 3.28. The van der Waals surface area contributed by atoms with E-state index in [1.54, 1.807) is 31.2 Å². The third-order valence-electron chi connectivity index (χ3n) is 4.75. The number of carbonyl (C=O) groups excluding carboxylic acids is 3. The predicted octanol–water partition coefficient (Wildman–Crippen LogP) is 3.81. The van der Waals surface area contributed by atoms with Gasteiger partial charge in [0, 0.05) is 12.2 Å². The summed E-state index contributed by atoms with van der Waals surface area (Å²) in [6.45, 7) is 3.46. The van der Waals surface area contributed by atoms with Crippen LogP contribution in [0.2, 0.25) is 10.0 Å². The number of likely N-dealkylation sites (N-methyl/N-ethyl adjacent to an activating group) is 1. The van der Waals surface area contributed by atoms with Gasteiger partial charge in [-0.15, -0.1) is 0 Å². The lowest BCUT2D eigenvalue weighted by Gasteiger charge is -2.25. The van der Waals surface area contributed by atoms with E-state index in [1.165, 1.54) is 11.0 Å². The molecule has 0 aromatic heterocycles. The fourth-order valence-corrected chi connectivity index (χ4v) is 3.47. The quantitative estimate of drug-likeness (QED) is 0.748. The average molecular weight is 420 g/mol. The van der Waals surface area contributed by atoms with Crippen LogP contribution >= 0.6 is 23.2 Å². The van der Waals surface area contributed by atoms with Crippen LogP contribution in [0.3, 0.4) is 0 Å². The van der Waals surface area contributed by atoms with Gasteiger partial charge in [-0.25, -0.2) is 4.79 Å². The van der Waals surface area contributed by atoms with E-state index in [-0.39, 0.29) is 17.5 Å². The van der Waals surface area contributed by atoms with E-state index in [0.29, 0.717) is 22.8 Å². The highest BCUT2D eigenvalue weighted by Gasteiger charge is 2.49. The van der Waals surface area contributed by atoms with Crippen LogP contribution in [0, 0.1) is 0 Å². The van der Waals surface area contributed by atoms with Crippen molar-refractivity contribution in [1.29, 1.82) is 0 Å². The van der Waals surface area contributed by atoms with Crippen molar-refractivity contribution in [3.05, 3.63) is 64.1 Å². The van der Waals surface area contributed by atoms with Gasteiger partial charge in [0.15, 0.2) is 0 Å². The maximum Gasteiger partial charge on any atom is 0.325 e. The van der Waals surface area contributed by atoms with E-state index in [2.05, 4.69) is 5.32 Å². The van der Waals surface area contributed by atoms with Crippen molar-refractivity contribution in [1.82, 2.24) is 10.2 Å². The molecular weight excluding hydrogens is 401 g/mol. The highest BCUT2D eigenvalue weighted by Crippen LogP contribution is 2.33. The Morgan fingerprint density at radius 3 is 2.39 bits per heavy atom. The second kappa shape index (κ2) is 7.81. The highest BCUT2D eigenvalue weighted by atomic mass is 35.5. The first-order valence-electron chi connectivity index (χ1n) is 8.73. The first-order chi connectivity index (χ1) is 13.3. The number of halogens is 2. The zero-order valence-corrected chi connectivity index (χ0v) is 16.9. The molecule has 1 saturated heterocycles. The second-order valence-electron chi connectivity index (χ2n) is 6.55. The van der Waals surface area contributed by atoms with Crippen LogP contribution in [0.1, 0.15) is 19.4 Å². The molecular formula is C20H19Cl2N3O3. The Labute approximate surface area is 173 Å². The summed E-state index contributed by atoms with van der Waals surface area (Å²) in [6, 6.07) is 13.2.